The molecule has 1 N–H and O–H groups in total. The van der Waals surface area contributed by atoms with Crippen LogP contribution in [0.2, 0.25) is 5.02 Å². The lowest BCUT2D eigenvalue weighted by atomic mass is 10.1. The third-order valence-electron chi connectivity index (χ3n) is 5.55. The van der Waals surface area contributed by atoms with Crippen molar-refractivity contribution in [2.75, 3.05) is 24.3 Å². The quantitative estimate of drug-likeness (QED) is 0.278. The lowest BCUT2D eigenvalue weighted by Crippen LogP contribution is -2.31. The molecule has 3 aromatic carbocycles. The van der Waals surface area contributed by atoms with Gasteiger partial charge in [-0.2, -0.15) is 4.31 Å². The van der Waals surface area contributed by atoms with Gasteiger partial charge in [-0.3, -0.25) is 4.79 Å². The molecule has 0 bridgehead atoms. The van der Waals surface area contributed by atoms with Crippen LogP contribution < -0.4 is 10.2 Å². The topological polar surface area (TPSA) is 69.7 Å². The van der Waals surface area contributed by atoms with Crippen molar-refractivity contribution in [3.63, 3.8) is 0 Å². The van der Waals surface area contributed by atoms with Crippen molar-refractivity contribution >= 4 is 50.2 Å². The number of thiophene rings is 1. The highest BCUT2D eigenvalue weighted by atomic mass is 35.5. The van der Waals surface area contributed by atoms with Gasteiger partial charge in [0.25, 0.3) is 5.91 Å². The monoisotopic (exact) mass is 539 g/mol. The van der Waals surface area contributed by atoms with Gasteiger partial charge in [0.2, 0.25) is 10.0 Å². The summed E-state index contributed by atoms with van der Waals surface area (Å²) in [6.45, 7) is 0.272. The van der Waals surface area contributed by atoms with E-state index in [1.807, 2.05) is 79.0 Å². The first-order chi connectivity index (χ1) is 17.2. The van der Waals surface area contributed by atoms with E-state index in [0.29, 0.717) is 15.6 Å². The lowest BCUT2D eigenvalue weighted by molar-refractivity contribution is 0.103. The Bertz CT molecular complexity index is 1440. The van der Waals surface area contributed by atoms with Gasteiger partial charge in [-0.15, -0.1) is 11.3 Å². The lowest BCUT2D eigenvalue weighted by Gasteiger charge is -2.26. The highest BCUT2D eigenvalue weighted by Crippen LogP contribution is 2.29. The Kier molecular flexibility index (Phi) is 8.11. The van der Waals surface area contributed by atoms with Gasteiger partial charge in [0, 0.05) is 43.6 Å². The van der Waals surface area contributed by atoms with E-state index in [1.165, 1.54) is 21.7 Å². The first kappa shape index (κ1) is 25.9. The van der Waals surface area contributed by atoms with E-state index in [9.17, 15) is 13.2 Å². The van der Waals surface area contributed by atoms with Crippen LogP contribution in [0.3, 0.4) is 0 Å². The second-order valence-corrected chi connectivity index (χ2v) is 11.7. The van der Waals surface area contributed by atoms with E-state index >= 15 is 0 Å². The van der Waals surface area contributed by atoms with Crippen molar-refractivity contribution in [2.24, 2.45) is 0 Å². The molecule has 1 aromatic heterocycles. The summed E-state index contributed by atoms with van der Waals surface area (Å²) in [6, 6.07) is 24.8. The molecule has 6 nitrogen and oxygen atoms in total. The van der Waals surface area contributed by atoms with Gasteiger partial charge in [-0.25, -0.2) is 8.42 Å². The number of hydrogen-bond donors (Lipinski definition) is 1. The molecule has 0 saturated carbocycles. The molecular weight excluding hydrogens is 514 g/mol. The minimum atomic E-state index is -3.89. The average Bonchev–Trinajstić information content (AvgIpc) is 3.40. The maximum atomic E-state index is 13.8. The Morgan fingerprint density at radius 1 is 0.917 bits per heavy atom. The SMILES string of the molecule is CN(C)c1ccc(NC(=O)c2cccs2)cc1CN(Cc1ccccc1)S(=O)(=O)c1cccc(Cl)c1. The molecule has 9 heteroatoms. The van der Waals surface area contributed by atoms with Crippen molar-refractivity contribution in [3.05, 3.63) is 111 Å². The number of anilines is 2. The van der Waals surface area contributed by atoms with E-state index in [-0.39, 0.29) is 23.9 Å². The molecule has 1 amide bonds. The van der Waals surface area contributed by atoms with Crippen LogP contribution in [0.15, 0.2) is 95.2 Å². The van der Waals surface area contributed by atoms with Crippen molar-refractivity contribution in [1.29, 1.82) is 0 Å². The number of benzene rings is 3. The zero-order valence-electron chi connectivity index (χ0n) is 19.9. The fourth-order valence-corrected chi connectivity index (χ4v) is 6.13. The zero-order chi connectivity index (χ0) is 25.7. The maximum absolute atomic E-state index is 13.8. The largest absolute Gasteiger partial charge is 0.377 e. The standard InChI is InChI=1S/C27H26ClN3O3S2/c1-30(2)25-14-13-23(29-27(32)26-12-7-15-35-26)16-21(25)19-31(18-20-8-4-3-5-9-20)36(33,34)24-11-6-10-22(28)17-24/h3-17H,18-19H2,1-2H3,(H,29,32). The number of hydrogen-bond acceptors (Lipinski definition) is 5. The van der Waals surface area contributed by atoms with Crippen molar-refractivity contribution in [3.8, 4) is 0 Å². The molecule has 186 valence electrons. The van der Waals surface area contributed by atoms with Crippen LogP contribution in [0, 0.1) is 0 Å². The predicted octanol–water partition coefficient (Wildman–Crippen LogP) is 6.11. The second kappa shape index (κ2) is 11.3. The molecule has 0 aliphatic carbocycles. The smallest absolute Gasteiger partial charge is 0.265 e. The first-order valence-electron chi connectivity index (χ1n) is 11.2. The summed E-state index contributed by atoms with van der Waals surface area (Å²) in [4.78, 5) is 15.3. The Hall–Kier alpha value is -3.17. The minimum absolute atomic E-state index is 0.0972. The summed E-state index contributed by atoms with van der Waals surface area (Å²) in [6.07, 6.45) is 0. The van der Waals surface area contributed by atoms with Crippen LogP contribution in [0.4, 0.5) is 11.4 Å². The van der Waals surface area contributed by atoms with Gasteiger partial charge in [0.1, 0.15) is 0 Å². The van der Waals surface area contributed by atoms with Gasteiger partial charge >= 0.3 is 0 Å². The molecule has 0 radical (unpaired) electrons. The number of nitrogens with one attached hydrogen (secondary N) is 1. The molecule has 0 aliphatic heterocycles. The zero-order valence-corrected chi connectivity index (χ0v) is 22.3. The van der Waals surface area contributed by atoms with Crippen molar-refractivity contribution < 1.29 is 13.2 Å². The van der Waals surface area contributed by atoms with E-state index < -0.39 is 10.0 Å². The molecule has 0 aliphatic rings. The van der Waals surface area contributed by atoms with Crippen molar-refractivity contribution in [2.45, 2.75) is 18.0 Å². The number of sulfonamides is 1. The molecule has 4 rings (SSSR count). The average molecular weight is 540 g/mol. The Morgan fingerprint density at radius 2 is 1.69 bits per heavy atom. The van der Waals surface area contributed by atoms with E-state index in [1.54, 1.807) is 24.3 Å². The van der Waals surface area contributed by atoms with Crippen LogP contribution in [0.1, 0.15) is 20.8 Å². The highest BCUT2D eigenvalue weighted by Gasteiger charge is 2.26. The van der Waals surface area contributed by atoms with Gasteiger partial charge < -0.3 is 10.2 Å². The van der Waals surface area contributed by atoms with Crippen LogP contribution in [-0.2, 0) is 23.1 Å². The van der Waals surface area contributed by atoms with E-state index in [4.69, 9.17) is 11.6 Å². The fraction of sp³-hybridized carbons (Fsp3) is 0.148. The highest BCUT2D eigenvalue weighted by molar-refractivity contribution is 7.89. The van der Waals surface area contributed by atoms with Gasteiger partial charge in [-0.05, 0) is 59.0 Å². The van der Waals surface area contributed by atoms with Crippen molar-refractivity contribution in [1.82, 2.24) is 4.31 Å². The summed E-state index contributed by atoms with van der Waals surface area (Å²) in [5.41, 5.74) is 3.06. The van der Waals surface area contributed by atoms with Crippen LogP contribution in [0.5, 0.6) is 0 Å². The summed E-state index contributed by atoms with van der Waals surface area (Å²) in [5.74, 6) is -0.207. The molecule has 0 spiro atoms. The van der Waals surface area contributed by atoms with Gasteiger partial charge in [-0.1, -0.05) is 54.1 Å². The van der Waals surface area contributed by atoms with Gasteiger partial charge in [0.05, 0.1) is 9.77 Å². The first-order valence-corrected chi connectivity index (χ1v) is 13.9. The predicted molar refractivity (Wildman–Crippen MR) is 147 cm³/mol. The Labute approximate surface area is 220 Å². The number of rotatable bonds is 9. The van der Waals surface area contributed by atoms with Crippen LogP contribution >= 0.6 is 22.9 Å². The molecule has 1 heterocycles. The van der Waals surface area contributed by atoms with Crippen LogP contribution in [-0.4, -0.2) is 32.7 Å². The van der Waals surface area contributed by atoms with E-state index in [2.05, 4.69) is 5.32 Å². The van der Waals surface area contributed by atoms with E-state index in [0.717, 1.165) is 16.8 Å². The molecule has 4 aromatic rings. The number of nitrogens with zero attached hydrogens (tertiary/aromatic N) is 2. The Morgan fingerprint density at radius 3 is 2.36 bits per heavy atom. The van der Waals surface area contributed by atoms with Crippen LogP contribution in [0.25, 0.3) is 0 Å². The third kappa shape index (κ3) is 6.14. The molecule has 0 saturated heterocycles. The summed E-state index contributed by atoms with van der Waals surface area (Å²) in [5, 5.41) is 5.11. The molecule has 36 heavy (non-hydrogen) atoms. The number of amides is 1. The van der Waals surface area contributed by atoms with Gasteiger partial charge in [0.15, 0.2) is 0 Å². The fourth-order valence-electron chi connectivity index (χ4n) is 3.81. The Balaban J connectivity index is 1.72. The molecular formula is C27H26ClN3O3S2. The summed E-state index contributed by atoms with van der Waals surface area (Å²) in [7, 11) is -0.0920. The number of halogens is 1. The molecule has 0 fully saturated rings. The molecule has 0 unspecified atom stereocenters. The number of carbonyl (C=O) groups excluding carboxylic acids is 1. The second-order valence-electron chi connectivity index (χ2n) is 8.39. The molecule has 0 atom stereocenters. The minimum Gasteiger partial charge on any atom is -0.377 e. The third-order valence-corrected chi connectivity index (χ3v) is 8.44. The summed E-state index contributed by atoms with van der Waals surface area (Å²) >= 11 is 7.48. The number of carbonyl (C=O) groups is 1. The summed E-state index contributed by atoms with van der Waals surface area (Å²) < 4.78 is 29.0. The maximum Gasteiger partial charge on any atom is 0.265 e. The normalized spacial score (nSPS) is 11.4.